The molecule has 3 N–H and O–H groups in total. The van der Waals surface area contributed by atoms with Crippen molar-refractivity contribution in [1.82, 2.24) is 30.3 Å². The highest BCUT2D eigenvalue weighted by atomic mass is 19.4. The Labute approximate surface area is 244 Å². The molecule has 1 aliphatic carbocycles. The topological polar surface area (TPSA) is 130 Å². The molecule has 4 amide bonds. The first kappa shape index (κ1) is 32.1. The molecule has 43 heavy (non-hydrogen) atoms. The molecule has 0 unspecified atom stereocenters. The third kappa shape index (κ3) is 7.22. The zero-order chi connectivity index (χ0) is 31.5. The van der Waals surface area contributed by atoms with Crippen molar-refractivity contribution >= 4 is 23.7 Å². The summed E-state index contributed by atoms with van der Waals surface area (Å²) in [5, 5.41) is 10.4. The van der Waals surface area contributed by atoms with Gasteiger partial charge in [0.1, 0.15) is 23.6 Å². The fourth-order valence-corrected chi connectivity index (χ4v) is 5.51. The summed E-state index contributed by atoms with van der Waals surface area (Å²) in [6.07, 6.45) is 0.291. The lowest BCUT2D eigenvalue weighted by Gasteiger charge is -2.33. The zero-order valence-electron chi connectivity index (χ0n) is 23.8. The summed E-state index contributed by atoms with van der Waals surface area (Å²) >= 11 is 0. The Morgan fingerprint density at radius 2 is 1.84 bits per heavy atom. The minimum Gasteiger partial charge on any atom is -0.382 e. The average molecular weight is 616 g/mol. The molecule has 0 radical (unpaired) electrons. The molecule has 236 valence electrons. The SMILES string of the molecule is COC[C@H](c1ccnc(NC(=O)[C@@H](NC(=O)C(F)(F)c2ccnn2C)C2CCC(C)CC2)c1)N1C[C@@H](C(F)(F)F)NC1=O. The first-order valence-electron chi connectivity index (χ1n) is 13.8. The highest BCUT2D eigenvalue weighted by Gasteiger charge is 2.49. The molecule has 0 spiro atoms. The maximum Gasteiger partial charge on any atom is 0.410 e. The van der Waals surface area contributed by atoms with Gasteiger partial charge in [-0.25, -0.2) is 9.78 Å². The van der Waals surface area contributed by atoms with Crippen LogP contribution in [0.4, 0.5) is 32.6 Å². The van der Waals surface area contributed by atoms with E-state index in [-0.39, 0.29) is 12.4 Å². The monoisotopic (exact) mass is 615 g/mol. The van der Waals surface area contributed by atoms with Crippen LogP contribution in [-0.2, 0) is 27.3 Å². The number of aromatic nitrogens is 3. The minimum absolute atomic E-state index is 0.0441. The fourth-order valence-electron chi connectivity index (χ4n) is 5.51. The number of carbonyl (C=O) groups is 3. The van der Waals surface area contributed by atoms with Gasteiger partial charge in [-0.1, -0.05) is 19.8 Å². The van der Waals surface area contributed by atoms with Gasteiger partial charge in [0.2, 0.25) is 5.91 Å². The standard InChI is InChI=1S/C27H34F5N7O4/c1-15-4-6-16(7-5-15)22(37-24(41)26(28,29)20-9-11-34-38(20)2)23(40)36-21-12-17(8-10-33-21)18(14-43-3)39-13-19(27(30,31)32)35-25(39)42/h8-12,15-16,18-19,22H,4-7,13-14H2,1-3H3,(H,35,42)(H,37,41)(H,33,36,40)/t15?,16?,18-,19+,22+/m1/s1. The lowest BCUT2D eigenvalue weighted by Crippen LogP contribution is -2.53. The van der Waals surface area contributed by atoms with Gasteiger partial charge in [0.25, 0.3) is 5.91 Å². The summed E-state index contributed by atoms with van der Waals surface area (Å²) in [6.45, 7) is 1.24. The van der Waals surface area contributed by atoms with E-state index in [4.69, 9.17) is 4.74 Å². The van der Waals surface area contributed by atoms with Gasteiger partial charge in [-0.2, -0.15) is 27.1 Å². The summed E-state index contributed by atoms with van der Waals surface area (Å²) in [4.78, 5) is 43.9. The maximum absolute atomic E-state index is 15.1. The molecule has 2 aromatic heterocycles. The molecule has 16 heteroatoms. The maximum atomic E-state index is 15.1. The van der Waals surface area contributed by atoms with E-state index in [0.717, 1.165) is 34.7 Å². The summed E-state index contributed by atoms with van der Waals surface area (Å²) in [5.41, 5.74) is -0.321. The minimum atomic E-state index is -4.65. The number of alkyl halides is 5. The number of ether oxygens (including phenoxy) is 1. The highest BCUT2D eigenvalue weighted by Crippen LogP contribution is 2.34. The normalized spacial score (nSPS) is 22.6. The van der Waals surface area contributed by atoms with E-state index in [0.29, 0.717) is 24.3 Å². The molecule has 2 aromatic rings. The predicted molar refractivity (Wildman–Crippen MR) is 143 cm³/mol. The molecule has 4 rings (SSSR count). The van der Waals surface area contributed by atoms with Crippen molar-refractivity contribution in [2.24, 2.45) is 18.9 Å². The number of amides is 4. The summed E-state index contributed by atoms with van der Waals surface area (Å²) in [5.74, 6) is -6.50. The van der Waals surface area contributed by atoms with Crippen LogP contribution in [0, 0.1) is 11.8 Å². The number of hydrogen-bond donors (Lipinski definition) is 3. The van der Waals surface area contributed by atoms with Crippen molar-refractivity contribution in [2.75, 3.05) is 25.6 Å². The van der Waals surface area contributed by atoms with Crippen LogP contribution < -0.4 is 16.0 Å². The van der Waals surface area contributed by atoms with Crippen LogP contribution in [0.15, 0.2) is 30.6 Å². The molecular formula is C27H34F5N7O4. The van der Waals surface area contributed by atoms with Crippen molar-refractivity contribution in [1.29, 1.82) is 0 Å². The van der Waals surface area contributed by atoms with E-state index in [1.54, 1.807) is 0 Å². The Morgan fingerprint density at radius 3 is 2.42 bits per heavy atom. The molecule has 3 atom stereocenters. The number of nitrogens with zero attached hydrogens (tertiary/aromatic N) is 4. The van der Waals surface area contributed by atoms with Crippen molar-refractivity contribution in [2.45, 2.75) is 62.8 Å². The van der Waals surface area contributed by atoms with E-state index in [1.165, 1.54) is 32.5 Å². The molecule has 1 aliphatic heterocycles. The zero-order valence-corrected chi connectivity index (χ0v) is 23.8. The van der Waals surface area contributed by atoms with Crippen LogP contribution in [0.25, 0.3) is 0 Å². The Bertz CT molecular complexity index is 1310. The molecule has 11 nitrogen and oxygen atoms in total. The fraction of sp³-hybridized carbons (Fsp3) is 0.593. The van der Waals surface area contributed by atoms with Gasteiger partial charge in [-0.05, 0) is 48.4 Å². The van der Waals surface area contributed by atoms with E-state index in [9.17, 15) is 27.6 Å². The molecular weight excluding hydrogens is 581 g/mol. The predicted octanol–water partition coefficient (Wildman–Crippen LogP) is 3.50. The second-order valence-electron chi connectivity index (χ2n) is 11.0. The average Bonchev–Trinajstić information content (AvgIpc) is 3.56. The largest absolute Gasteiger partial charge is 0.410 e. The third-order valence-corrected chi connectivity index (χ3v) is 7.98. The molecule has 2 fully saturated rings. The number of halogens is 5. The molecule has 1 saturated carbocycles. The lowest BCUT2D eigenvalue weighted by molar-refractivity contribution is -0.150. The number of hydrogen-bond acceptors (Lipinski definition) is 6. The van der Waals surface area contributed by atoms with Crippen LogP contribution in [-0.4, -0.2) is 76.0 Å². The second kappa shape index (κ2) is 12.8. The van der Waals surface area contributed by atoms with Gasteiger partial charge >= 0.3 is 18.1 Å². The van der Waals surface area contributed by atoms with E-state index in [2.05, 4.69) is 20.7 Å². The second-order valence-corrected chi connectivity index (χ2v) is 11.0. The molecule has 2 aliphatic rings. The van der Waals surface area contributed by atoms with Crippen LogP contribution in [0.1, 0.15) is 49.9 Å². The molecule has 1 saturated heterocycles. The van der Waals surface area contributed by atoms with Gasteiger partial charge in [-0.3, -0.25) is 14.3 Å². The van der Waals surface area contributed by atoms with Gasteiger partial charge < -0.3 is 25.6 Å². The smallest absolute Gasteiger partial charge is 0.382 e. The van der Waals surface area contributed by atoms with Crippen molar-refractivity contribution in [3.8, 4) is 0 Å². The Balaban J connectivity index is 1.55. The quantitative estimate of drug-likeness (QED) is 0.351. The highest BCUT2D eigenvalue weighted by molar-refractivity contribution is 5.98. The Morgan fingerprint density at radius 1 is 1.14 bits per heavy atom. The van der Waals surface area contributed by atoms with Crippen LogP contribution >= 0.6 is 0 Å². The number of pyridine rings is 1. The number of nitrogens with one attached hydrogen (secondary N) is 3. The van der Waals surface area contributed by atoms with E-state index < -0.39 is 66.2 Å². The van der Waals surface area contributed by atoms with Crippen molar-refractivity contribution < 1.29 is 41.1 Å². The summed E-state index contributed by atoms with van der Waals surface area (Å²) in [7, 11) is 2.60. The Hall–Kier alpha value is -3.82. The first-order valence-corrected chi connectivity index (χ1v) is 13.8. The van der Waals surface area contributed by atoms with Gasteiger partial charge in [0, 0.05) is 26.6 Å². The molecule has 0 aromatic carbocycles. The molecule has 0 bridgehead atoms. The van der Waals surface area contributed by atoms with E-state index >= 15 is 8.78 Å². The Kier molecular flexibility index (Phi) is 9.57. The van der Waals surface area contributed by atoms with Crippen LogP contribution in [0.2, 0.25) is 0 Å². The van der Waals surface area contributed by atoms with Crippen molar-refractivity contribution in [3.63, 3.8) is 0 Å². The van der Waals surface area contributed by atoms with Gasteiger partial charge in [0.15, 0.2) is 0 Å². The number of urea groups is 1. The first-order chi connectivity index (χ1) is 20.2. The van der Waals surface area contributed by atoms with Crippen LogP contribution in [0.3, 0.4) is 0 Å². The number of carbonyl (C=O) groups excluding carboxylic acids is 3. The summed E-state index contributed by atoms with van der Waals surface area (Å²) < 4.78 is 76.0. The van der Waals surface area contributed by atoms with E-state index in [1.807, 2.05) is 12.2 Å². The lowest BCUT2D eigenvalue weighted by atomic mass is 9.79. The number of anilines is 1. The number of rotatable bonds is 10. The van der Waals surface area contributed by atoms with Gasteiger partial charge in [0.05, 0.1) is 19.2 Å². The van der Waals surface area contributed by atoms with Crippen LogP contribution in [0.5, 0.6) is 0 Å². The molecule has 3 heterocycles. The van der Waals surface area contributed by atoms with Crippen molar-refractivity contribution in [3.05, 3.63) is 41.9 Å². The van der Waals surface area contributed by atoms with Gasteiger partial charge in [-0.15, -0.1) is 0 Å². The third-order valence-electron chi connectivity index (χ3n) is 7.98. The number of aryl methyl sites for hydroxylation is 1. The number of methoxy groups -OCH3 is 1. The summed E-state index contributed by atoms with van der Waals surface area (Å²) in [6, 6.07) is -1.44.